The maximum Gasteiger partial charge on any atom is 0.0746 e. The van der Waals surface area contributed by atoms with Crippen molar-refractivity contribution in [3.63, 3.8) is 0 Å². The zero-order valence-corrected chi connectivity index (χ0v) is 13.3. The van der Waals surface area contributed by atoms with Crippen LogP contribution in [0.25, 0.3) is 10.9 Å². The molecule has 0 amide bonds. The molecule has 0 saturated carbocycles. The fourth-order valence-electron chi connectivity index (χ4n) is 3.03. The van der Waals surface area contributed by atoms with E-state index in [9.17, 15) is 0 Å². The molecular weight excluding hydrogens is 244 g/mol. The minimum Gasteiger partial charge on any atom is -0.308 e. The van der Waals surface area contributed by atoms with Gasteiger partial charge in [0.25, 0.3) is 0 Å². The maximum atomic E-state index is 4.52. The first kappa shape index (κ1) is 15.0. The van der Waals surface area contributed by atoms with Crippen LogP contribution < -0.4 is 5.32 Å². The van der Waals surface area contributed by atoms with E-state index in [1.54, 1.807) is 0 Å². The number of para-hydroxylation sites is 1. The Morgan fingerprint density at radius 2 is 1.70 bits per heavy atom. The Morgan fingerprint density at radius 3 is 2.40 bits per heavy atom. The van der Waals surface area contributed by atoms with Crippen LogP contribution in [0.5, 0.6) is 0 Å². The van der Waals surface area contributed by atoms with Gasteiger partial charge >= 0.3 is 0 Å². The SMILES string of the molecule is CC(C)(C)CC(C)(C)NCc1cccc2cccnc12. The molecule has 1 aromatic heterocycles. The highest BCUT2D eigenvalue weighted by Gasteiger charge is 2.24. The Hall–Kier alpha value is -1.41. The molecule has 2 heteroatoms. The quantitative estimate of drug-likeness (QED) is 0.882. The number of benzene rings is 1. The zero-order chi connectivity index (χ0) is 14.8. The molecule has 1 heterocycles. The van der Waals surface area contributed by atoms with Gasteiger partial charge in [-0.15, -0.1) is 0 Å². The first-order valence-corrected chi connectivity index (χ1v) is 7.35. The fraction of sp³-hybridized carbons (Fsp3) is 0.500. The molecule has 108 valence electrons. The van der Waals surface area contributed by atoms with Crippen molar-refractivity contribution >= 4 is 10.9 Å². The predicted molar refractivity (Wildman–Crippen MR) is 86.7 cm³/mol. The Balaban J connectivity index is 2.13. The minimum absolute atomic E-state index is 0.120. The number of pyridine rings is 1. The summed E-state index contributed by atoms with van der Waals surface area (Å²) in [5.74, 6) is 0. The average Bonchev–Trinajstić information content (AvgIpc) is 2.33. The van der Waals surface area contributed by atoms with Gasteiger partial charge in [0, 0.05) is 23.7 Å². The van der Waals surface area contributed by atoms with Gasteiger partial charge in [-0.1, -0.05) is 45.0 Å². The molecule has 2 aromatic rings. The van der Waals surface area contributed by atoms with Gasteiger partial charge in [0.15, 0.2) is 0 Å². The number of nitrogens with zero attached hydrogens (tertiary/aromatic N) is 1. The molecular formula is C18H26N2. The molecule has 0 fully saturated rings. The second-order valence-electron chi connectivity index (χ2n) is 7.47. The van der Waals surface area contributed by atoms with Crippen LogP contribution in [0.2, 0.25) is 0 Å². The molecule has 0 saturated heterocycles. The molecule has 0 bridgehead atoms. The highest BCUT2D eigenvalue weighted by atomic mass is 15.0. The Kier molecular flexibility index (Phi) is 4.14. The van der Waals surface area contributed by atoms with E-state index in [0.29, 0.717) is 5.41 Å². The number of fused-ring (bicyclic) bond motifs is 1. The van der Waals surface area contributed by atoms with E-state index < -0.39 is 0 Å². The molecule has 0 atom stereocenters. The van der Waals surface area contributed by atoms with Crippen molar-refractivity contribution in [1.29, 1.82) is 0 Å². The summed E-state index contributed by atoms with van der Waals surface area (Å²) in [6.45, 7) is 12.3. The molecule has 0 aliphatic heterocycles. The summed E-state index contributed by atoms with van der Waals surface area (Å²) in [7, 11) is 0. The van der Waals surface area contributed by atoms with Gasteiger partial charge in [-0.3, -0.25) is 4.98 Å². The highest BCUT2D eigenvalue weighted by molar-refractivity contribution is 5.81. The van der Waals surface area contributed by atoms with Crippen LogP contribution in [-0.2, 0) is 6.54 Å². The highest BCUT2D eigenvalue weighted by Crippen LogP contribution is 2.27. The van der Waals surface area contributed by atoms with Crippen LogP contribution in [0.4, 0.5) is 0 Å². The Morgan fingerprint density at radius 1 is 1.00 bits per heavy atom. The van der Waals surface area contributed by atoms with Gasteiger partial charge in [0.1, 0.15) is 0 Å². The number of nitrogens with one attached hydrogen (secondary N) is 1. The van der Waals surface area contributed by atoms with E-state index in [-0.39, 0.29) is 5.54 Å². The lowest BCUT2D eigenvalue weighted by atomic mass is 9.81. The predicted octanol–water partition coefficient (Wildman–Crippen LogP) is 4.54. The van der Waals surface area contributed by atoms with E-state index in [2.05, 4.69) is 69.2 Å². The van der Waals surface area contributed by atoms with Crippen LogP contribution in [-0.4, -0.2) is 10.5 Å². The van der Waals surface area contributed by atoms with Crippen molar-refractivity contribution in [2.75, 3.05) is 0 Å². The van der Waals surface area contributed by atoms with Gasteiger partial charge in [-0.05, 0) is 37.3 Å². The third kappa shape index (κ3) is 4.04. The Labute approximate surface area is 122 Å². The van der Waals surface area contributed by atoms with E-state index in [1.165, 1.54) is 10.9 Å². The first-order chi connectivity index (χ1) is 9.27. The van der Waals surface area contributed by atoms with Crippen molar-refractivity contribution in [2.45, 2.75) is 53.1 Å². The summed E-state index contributed by atoms with van der Waals surface area (Å²) in [6, 6.07) is 10.5. The van der Waals surface area contributed by atoms with Crippen LogP contribution in [0.1, 0.15) is 46.6 Å². The van der Waals surface area contributed by atoms with Crippen LogP contribution >= 0.6 is 0 Å². The minimum atomic E-state index is 0.120. The molecule has 0 spiro atoms. The normalized spacial score (nSPS) is 12.8. The van der Waals surface area contributed by atoms with Crippen LogP contribution in [0.3, 0.4) is 0 Å². The summed E-state index contributed by atoms with van der Waals surface area (Å²) in [4.78, 5) is 4.52. The number of aromatic nitrogens is 1. The lowest BCUT2D eigenvalue weighted by Gasteiger charge is -2.33. The molecule has 0 aliphatic carbocycles. The Bertz CT molecular complexity index is 574. The standard InChI is InChI=1S/C18H26N2/c1-17(2,3)13-18(4,5)20-12-15-9-6-8-14-10-7-11-19-16(14)15/h6-11,20H,12-13H2,1-5H3. The molecule has 20 heavy (non-hydrogen) atoms. The largest absolute Gasteiger partial charge is 0.308 e. The monoisotopic (exact) mass is 270 g/mol. The molecule has 1 N–H and O–H groups in total. The van der Waals surface area contributed by atoms with Gasteiger partial charge in [-0.2, -0.15) is 0 Å². The smallest absolute Gasteiger partial charge is 0.0746 e. The molecule has 1 aromatic carbocycles. The average molecular weight is 270 g/mol. The van der Waals surface area contributed by atoms with E-state index in [4.69, 9.17) is 0 Å². The van der Waals surface area contributed by atoms with Gasteiger partial charge < -0.3 is 5.32 Å². The van der Waals surface area contributed by atoms with Crippen molar-refractivity contribution in [3.05, 3.63) is 42.1 Å². The summed E-state index contributed by atoms with van der Waals surface area (Å²) in [5.41, 5.74) is 2.82. The lowest BCUT2D eigenvalue weighted by Crippen LogP contribution is -2.41. The van der Waals surface area contributed by atoms with Gasteiger partial charge in [-0.25, -0.2) is 0 Å². The first-order valence-electron chi connectivity index (χ1n) is 7.35. The summed E-state index contributed by atoms with van der Waals surface area (Å²) < 4.78 is 0. The van der Waals surface area contributed by atoms with E-state index in [1.807, 2.05) is 12.3 Å². The van der Waals surface area contributed by atoms with Gasteiger partial charge in [0.05, 0.1) is 5.52 Å². The molecule has 0 unspecified atom stereocenters. The van der Waals surface area contributed by atoms with Crippen LogP contribution in [0.15, 0.2) is 36.5 Å². The van der Waals surface area contributed by atoms with Crippen molar-refractivity contribution in [1.82, 2.24) is 10.3 Å². The van der Waals surface area contributed by atoms with Crippen molar-refractivity contribution in [2.24, 2.45) is 5.41 Å². The third-order valence-corrected chi connectivity index (χ3v) is 3.45. The number of hydrogen-bond acceptors (Lipinski definition) is 2. The topological polar surface area (TPSA) is 24.9 Å². The maximum absolute atomic E-state index is 4.52. The third-order valence-electron chi connectivity index (χ3n) is 3.45. The summed E-state index contributed by atoms with van der Waals surface area (Å²) in [6.07, 6.45) is 3.00. The number of hydrogen-bond donors (Lipinski definition) is 1. The fourth-order valence-corrected chi connectivity index (χ4v) is 3.03. The molecule has 0 aliphatic rings. The zero-order valence-electron chi connectivity index (χ0n) is 13.3. The van der Waals surface area contributed by atoms with Crippen molar-refractivity contribution < 1.29 is 0 Å². The molecule has 2 rings (SSSR count). The van der Waals surface area contributed by atoms with Crippen molar-refractivity contribution in [3.8, 4) is 0 Å². The second kappa shape index (κ2) is 5.53. The molecule has 0 radical (unpaired) electrons. The number of rotatable bonds is 4. The summed E-state index contributed by atoms with van der Waals surface area (Å²) >= 11 is 0. The van der Waals surface area contributed by atoms with E-state index in [0.717, 1.165) is 18.5 Å². The molecule has 2 nitrogen and oxygen atoms in total. The van der Waals surface area contributed by atoms with E-state index >= 15 is 0 Å². The van der Waals surface area contributed by atoms with Gasteiger partial charge in [0.2, 0.25) is 0 Å². The van der Waals surface area contributed by atoms with Crippen LogP contribution in [0, 0.1) is 5.41 Å². The summed E-state index contributed by atoms with van der Waals surface area (Å²) in [5, 5.41) is 4.89. The second-order valence-corrected chi connectivity index (χ2v) is 7.47. The lowest BCUT2D eigenvalue weighted by molar-refractivity contribution is 0.241.